The Morgan fingerprint density at radius 1 is 0.894 bits per heavy atom. The molecule has 3 aromatic carbocycles. The lowest BCUT2D eigenvalue weighted by atomic mass is 9.90. The van der Waals surface area contributed by atoms with E-state index >= 15 is 0 Å². The van der Waals surface area contributed by atoms with Gasteiger partial charge in [0.2, 0.25) is 11.8 Å². The van der Waals surface area contributed by atoms with Gasteiger partial charge in [-0.1, -0.05) is 80.1 Å². The topological polar surface area (TPSA) is 120 Å². The summed E-state index contributed by atoms with van der Waals surface area (Å²) in [6, 6.07) is 24.4. The third kappa shape index (κ3) is 9.95. The SMILES string of the molecule is CC(=O)NCCCCCC(=O)NCc1cccc(-c2ccc([C@@H]3O[C@H](CN4CC[C@H](O)C4)[C@H](C)[C@H](c4ccc(CO)cc4)O3)cc2)c1. The number of likely N-dealkylation sites (tertiary alicyclic amines) is 1. The van der Waals surface area contributed by atoms with Crippen molar-refractivity contribution in [1.82, 2.24) is 15.5 Å². The van der Waals surface area contributed by atoms with Gasteiger partial charge in [-0.25, -0.2) is 0 Å². The summed E-state index contributed by atoms with van der Waals surface area (Å²) in [7, 11) is 0. The first-order valence-corrected chi connectivity index (χ1v) is 16.9. The number of ether oxygens (including phenoxy) is 2. The summed E-state index contributed by atoms with van der Waals surface area (Å²) >= 11 is 0. The van der Waals surface area contributed by atoms with Crippen LogP contribution in [0.25, 0.3) is 11.1 Å². The minimum absolute atomic E-state index is 0.0000675. The van der Waals surface area contributed by atoms with Gasteiger partial charge in [0.25, 0.3) is 0 Å². The Balaban J connectivity index is 1.21. The van der Waals surface area contributed by atoms with Crippen LogP contribution in [-0.4, -0.2) is 65.3 Å². The molecule has 252 valence electrons. The van der Waals surface area contributed by atoms with Gasteiger partial charge in [0.1, 0.15) is 0 Å². The maximum absolute atomic E-state index is 12.4. The molecule has 0 aliphatic carbocycles. The Bertz CT molecular complexity index is 1450. The van der Waals surface area contributed by atoms with Crippen LogP contribution in [0.1, 0.15) is 80.6 Å². The number of β-amino-alcohol motifs (C(OH)–C–C–N with tert-alkyl or cyclic N) is 1. The van der Waals surface area contributed by atoms with Crippen molar-refractivity contribution in [3.05, 3.63) is 95.1 Å². The Labute approximate surface area is 278 Å². The molecule has 0 saturated carbocycles. The van der Waals surface area contributed by atoms with Crippen LogP contribution < -0.4 is 10.6 Å². The average Bonchev–Trinajstić information content (AvgIpc) is 3.50. The second kappa shape index (κ2) is 17.0. The molecule has 2 heterocycles. The number of unbranched alkanes of at least 4 members (excludes halogenated alkanes) is 2. The van der Waals surface area contributed by atoms with Gasteiger partial charge in [-0.3, -0.25) is 14.5 Å². The van der Waals surface area contributed by atoms with Crippen molar-refractivity contribution in [1.29, 1.82) is 0 Å². The number of benzene rings is 3. The number of hydrogen-bond acceptors (Lipinski definition) is 7. The molecule has 0 radical (unpaired) electrons. The second-order valence-corrected chi connectivity index (χ2v) is 12.9. The largest absolute Gasteiger partial charge is 0.392 e. The number of carbonyl (C=O) groups is 2. The molecule has 3 aromatic rings. The Morgan fingerprint density at radius 3 is 2.36 bits per heavy atom. The lowest BCUT2D eigenvalue weighted by Gasteiger charge is -2.42. The van der Waals surface area contributed by atoms with Crippen molar-refractivity contribution in [2.45, 2.75) is 83.7 Å². The highest BCUT2D eigenvalue weighted by molar-refractivity contribution is 5.76. The quantitative estimate of drug-likeness (QED) is 0.182. The van der Waals surface area contributed by atoms with E-state index in [-0.39, 0.29) is 42.7 Å². The van der Waals surface area contributed by atoms with Gasteiger partial charge in [0.05, 0.1) is 24.9 Å². The lowest BCUT2D eigenvalue weighted by molar-refractivity contribution is -0.276. The molecule has 9 nitrogen and oxygen atoms in total. The van der Waals surface area contributed by atoms with Crippen LogP contribution >= 0.6 is 0 Å². The van der Waals surface area contributed by atoms with Crippen LogP contribution in [0.5, 0.6) is 0 Å². The van der Waals surface area contributed by atoms with Crippen molar-refractivity contribution in [3.8, 4) is 11.1 Å². The summed E-state index contributed by atoms with van der Waals surface area (Å²) in [6.07, 6.45) is 2.71. The van der Waals surface area contributed by atoms with E-state index in [1.807, 2.05) is 36.4 Å². The van der Waals surface area contributed by atoms with Crippen LogP contribution in [0.15, 0.2) is 72.8 Å². The predicted octanol–water partition coefficient (Wildman–Crippen LogP) is 5.02. The molecule has 9 heteroatoms. The van der Waals surface area contributed by atoms with Crippen molar-refractivity contribution in [2.24, 2.45) is 5.92 Å². The summed E-state index contributed by atoms with van der Waals surface area (Å²) in [5.41, 5.74) is 6.00. The van der Waals surface area contributed by atoms with Crippen molar-refractivity contribution >= 4 is 11.8 Å². The van der Waals surface area contributed by atoms with E-state index in [9.17, 15) is 19.8 Å². The molecule has 0 bridgehead atoms. The van der Waals surface area contributed by atoms with Gasteiger partial charge in [0, 0.05) is 57.5 Å². The third-order valence-electron chi connectivity index (χ3n) is 9.20. The standard InChI is InChI=1S/C38H49N3O6/c1-26-35(24-41-20-18-34(44)23-41)46-38(47-37(26)31-12-10-28(25-42)11-13-31)32-16-14-30(15-17-32)33-8-6-7-29(21-33)22-40-36(45)9-4-3-5-19-39-27(2)43/h6-8,10-17,21,26,34-35,37-38,42,44H,3-5,9,18-20,22-25H2,1-2H3,(H,39,43)(H,40,45)/t26-,34-,35+,37+,38+/m0/s1. The fourth-order valence-electron chi connectivity index (χ4n) is 6.39. The van der Waals surface area contributed by atoms with Crippen molar-refractivity contribution in [3.63, 3.8) is 0 Å². The average molecular weight is 644 g/mol. The highest BCUT2D eigenvalue weighted by Crippen LogP contribution is 2.42. The molecule has 0 spiro atoms. The van der Waals surface area contributed by atoms with Crippen molar-refractivity contribution in [2.75, 3.05) is 26.2 Å². The number of hydrogen-bond donors (Lipinski definition) is 4. The van der Waals surface area contributed by atoms with Gasteiger partial charge in [-0.05, 0) is 53.1 Å². The molecule has 5 rings (SSSR count). The minimum Gasteiger partial charge on any atom is -0.392 e. The fourth-order valence-corrected chi connectivity index (χ4v) is 6.39. The first-order chi connectivity index (χ1) is 22.8. The Hall–Kier alpha value is -3.60. The number of nitrogens with one attached hydrogen (secondary N) is 2. The molecule has 2 aliphatic rings. The molecule has 0 aromatic heterocycles. The first-order valence-electron chi connectivity index (χ1n) is 16.9. The summed E-state index contributed by atoms with van der Waals surface area (Å²) in [5.74, 6) is 0.0903. The number of aliphatic hydroxyl groups excluding tert-OH is 2. The molecular weight excluding hydrogens is 594 g/mol. The van der Waals surface area contributed by atoms with Crippen LogP contribution in [-0.2, 0) is 32.2 Å². The molecule has 2 aliphatic heterocycles. The molecule has 2 fully saturated rings. The maximum atomic E-state index is 12.4. The van der Waals surface area contributed by atoms with Gasteiger partial charge in [-0.2, -0.15) is 0 Å². The Kier molecular flexibility index (Phi) is 12.6. The summed E-state index contributed by atoms with van der Waals surface area (Å²) in [4.78, 5) is 25.6. The smallest absolute Gasteiger partial charge is 0.220 e. The zero-order valence-electron chi connectivity index (χ0n) is 27.6. The van der Waals surface area contributed by atoms with E-state index in [1.165, 1.54) is 6.92 Å². The van der Waals surface area contributed by atoms with Crippen LogP contribution in [0.3, 0.4) is 0 Å². The van der Waals surface area contributed by atoms with Gasteiger partial charge < -0.3 is 30.3 Å². The van der Waals surface area contributed by atoms with E-state index in [0.717, 1.165) is 72.2 Å². The van der Waals surface area contributed by atoms with E-state index in [1.54, 1.807) is 0 Å². The van der Waals surface area contributed by atoms with E-state index < -0.39 is 6.29 Å². The lowest BCUT2D eigenvalue weighted by Crippen LogP contribution is -2.44. The van der Waals surface area contributed by atoms with Crippen molar-refractivity contribution < 1.29 is 29.3 Å². The zero-order chi connectivity index (χ0) is 33.2. The van der Waals surface area contributed by atoms with Gasteiger partial charge in [0.15, 0.2) is 6.29 Å². The molecule has 2 saturated heterocycles. The number of rotatable bonds is 14. The van der Waals surface area contributed by atoms with Crippen LogP contribution in [0, 0.1) is 5.92 Å². The highest BCUT2D eigenvalue weighted by Gasteiger charge is 2.39. The summed E-state index contributed by atoms with van der Waals surface area (Å²) < 4.78 is 13.2. The monoisotopic (exact) mass is 643 g/mol. The summed E-state index contributed by atoms with van der Waals surface area (Å²) in [6.45, 7) is 7.02. The van der Waals surface area contributed by atoms with E-state index in [0.29, 0.717) is 26.1 Å². The number of carbonyl (C=O) groups excluding carboxylic acids is 2. The number of amides is 2. The van der Waals surface area contributed by atoms with Crippen LogP contribution in [0.4, 0.5) is 0 Å². The molecule has 2 amide bonds. The van der Waals surface area contributed by atoms with E-state index in [2.05, 4.69) is 58.9 Å². The first kappa shape index (κ1) is 34.7. The normalized spacial score (nSPS) is 23.0. The maximum Gasteiger partial charge on any atom is 0.220 e. The van der Waals surface area contributed by atoms with Gasteiger partial charge >= 0.3 is 0 Å². The molecule has 47 heavy (non-hydrogen) atoms. The summed E-state index contributed by atoms with van der Waals surface area (Å²) in [5, 5.41) is 25.4. The predicted molar refractivity (Wildman–Crippen MR) is 181 cm³/mol. The zero-order valence-corrected chi connectivity index (χ0v) is 27.6. The molecular formula is C38H49N3O6. The minimum atomic E-state index is -0.549. The molecule has 0 unspecified atom stereocenters. The third-order valence-corrected chi connectivity index (χ3v) is 9.20. The number of aliphatic hydroxyl groups is 2. The molecule has 5 atom stereocenters. The van der Waals surface area contributed by atoms with Gasteiger partial charge in [-0.15, -0.1) is 0 Å². The fraction of sp³-hybridized carbons (Fsp3) is 0.474. The Morgan fingerprint density at radius 2 is 1.66 bits per heavy atom. The second-order valence-electron chi connectivity index (χ2n) is 12.9. The van der Waals surface area contributed by atoms with E-state index in [4.69, 9.17) is 9.47 Å². The highest BCUT2D eigenvalue weighted by atomic mass is 16.7. The molecule has 4 N–H and O–H groups in total. The van der Waals surface area contributed by atoms with Crippen LogP contribution in [0.2, 0.25) is 0 Å². The number of nitrogens with zero attached hydrogens (tertiary/aromatic N) is 1.